The number of carboxylic acids is 1. The maximum atomic E-state index is 11.5. The Morgan fingerprint density at radius 3 is 2.83 bits per heavy atom. The van der Waals surface area contributed by atoms with Gasteiger partial charge in [-0.05, 0) is 18.2 Å². The van der Waals surface area contributed by atoms with Crippen LogP contribution in [0.2, 0.25) is 4.34 Å². The van der Waals surface area contributed by atoms with Crippen LogP contribution in [0.5, 0.6) is 0 Å². The van der Waals surface area contributed by atoms with Crippen LogP contribution in [0.25, 0.3) is 6.08 Å². The molecule has 0 aromatic carbocycles. The smallest absolute Gasteiger partial charge is 0.328 e. The normalized spacial score (nSPS) is 12.6. The fourth-order valence-electron chi connectivity index (χ4n) is 1.14. The van der Waals surface area contributed by atoms with Gasteiger partial charge in [0.2, 0.25) is 5.91 Å². The molecule has 5 nitrogen and oxygen atoms in total. The van der Waals surface area contributed by atoms with Crippen LogP contribution >= 0.6 is 22.9 Å². The van der Waals surface area contributed by atoms with E-state index in [1.54, 1.807) is 18.2 Å². The molecule has 98 valence electrons. The fourth-order valence-corrected chi connectivity index (χ4v) is 2.10. The van der Waals surface area contributed by atoms with E-state index in [0.29, 0.717) is 4.34 Å². The van der Waals surface area contributed by atoms with Crippen LogP contribution in [0.4, 0.5) is 0 Å². The van der Waals surface area contributed by atoms with Gasteiger partial charge in [0.05, 0.1) is 10.9 Å². The average Bonchev–Trinajstić information content (AvgIpc) is 2.72. The van der Waals surface area contributed by atoms with Crippen molar-refractivity contribution in [2.75, 3.05) is 13.7 Å². The Bertz CT molecular complexity index is 458. The Balaban J connectivity index is 2.54. The first-order valence-corrected chi connectivity index (χ1v) is 6.18. The molecule has 1 aromatic heterocycles. The van der Waals surface area contributed by atoms with Crippen molar-refractivity contribution < 1.29 is 19.4 Å². The van der Waals surface area contributed by atoms with E-state index in [-0.39, 0.29) is 6.61 Å². The van der Waals surface area contributed by atoms with Crippen molar-refractivity contribution in [1.29, 1.82) is 0 Å². The largest absolute Gasteiger partial charge is 0.480 e. The quantitative estimate of drug-likeness (QED) is 0.781. The number of halogens is 1. The number of aliphatic carboxylic acids is 1. The lowest BCUT2D eigenvalue weighted by Gasteiger charge is -2.11. The Labute approximate surface area is 113 Å². The third-order valence-electron chi connectivity index (χ3n) is 1.94. The first-order valence-electron chi connectivity index (χ1n) is 4.98. The van der Waals surface area contributed by atoms with Crippen LogP contribution in [0.3, 0.4) is 0 Å². The molecule has 0 aliphatic rings. The molecule has 0 saturated heterocycles. The van der Waals surface area contributed by atoms with Crippen LogP contribution in [0.1, 0.15) is 4.88 Å². The minimum Gasteiger partial charge on any atom is -0.480 e. The van der Waals surface area contributed by atoms with Crippen molar-refractivity contribution in [2.45, 2.75) is 6.04 Å². The number of hydrogen-bond acceptors (Lipinski definition) is 4. The summed E-state index contributed by atoms with van der Waals surface area (Å²) in [7, 11) is 1.37. The first kappa shape index (κ1) is 14.7. The van der Waals surface area contributed by atoms with Gasteiger partial charge in [-0.1, -0.05) is 11.6 Å². The minimum atomic E-state index is -1.14. The van der Waals surface area contributed by atoms with E-state index in [1.165, 1.54) is 24.5 Å². The van der Waals surface area contributed by atoms with Gasteiger partial charge in [0.1, 0.15) is 0 Å². The summed E-state index contributed by atoms with van der Waals surface area (Å²) in [5, 5.41) is 11.1. The molecule has 0 saturated carbocycles. The molecule has 1 unspecified atom stereocenters. The molecule has 18 heavy (non-hydrogen) atoms. The fraction of sp³-hybridized carbons (Fsp3) is 0.273. The van der Waals surface area contributed by atoms with Crippen LogP contribution in [0, 0.1) is 0 Å². The summed E-state index contributed by atoms with van der Waals surface area (Å²) >= 11 is 7.06. The summed E-state index contributed by atoms with van der Waals surface area (Å²) in [6.07, 6.45) is 2.82. The number of hydrogen-bond donors (Lipinski definition) is 2. The van der Waals surface area contributed by atoms with Crippen molar-refractivity contribution in [3.63, 3.8) is 0 Å². The lowest BCUT2D eigenvalue weighted by molar-refractivity contribution is -0.142. The second-order valence-electron chi connectivity index (χ2n) is 3.33. The standard InChI is InChI=1S/C11H12ClNO4S/c1-17-6-8(11(15)16)13-10(14)5-3-7-2-4-9(12)18-7/h2-5,8H,6H2,1H3,(H,13,14)(H,15,16)/b5-3+. The lowest BCUT2D eigenvalue weighted by Crippen LogP contribution is -2.43. The van der Waals surface area contributed by atoms with Gasteiger partial charge in [-0.25, -0.2) is 4.79 Å². The van der Waals surface area contributed by atoms with E-state index in [0.717, 1.165) is 4.88 Å². The summed E-state index contributed by atoms with van der Waals surface area (Å²) < 4.78 is 5.32. The third-order valence-corrected chi connectivity index (χ3v) is 3.14. The molecule has 0 spiro atoms. The zero-order valence-corrected chi connectivity index (χ0v) is 11.1. The Morgan fingerprint density at radius 1 is 1.61 bits per heavy atom. The summed E-state index contributed by atoms with van der Waals surface area (Å²) in [6.45, 7) is -0.0836. The van der Waals surface area contributed by atoms with Gasteiger partial charge in [-0.3, -0.25) is 4.79 Å². The predicted molar refractivity (Wildman–Crippen MR) is 69.8 cm³/mol. The number of rotatable bonds is 6. The van der Waals surface area contributed by atoms with Gasteiger partial charge in [0.25, 0.3) is 0 Å². The second kappa shape index (κ2) is 7.15. The first-order chi connectivity index (χ1) is 8.52. The van der Waals surface area contributed by atoms with E-state index in [1.807, 2.05) is 0 Å². The van der Waals surface area contributed by atoms with Crippen molar-refractivity contribution in [1.82, 2.24) is 5.32 Å². The number of nitrogens with one attached hydrogen (secondary N) is 1. The molecule has 1 rings (SSSR count). The molecule has 7 heteroatoms. The van der Waals surface area contributed by atoms with Gasteiger partial charge in [-0.2, -0.15) is 0 Å². The minimum absolute atomic E-state index is 0.0836. The molecule has 1 aromatic rings. The number of thiophene rings is 1. The molecule has 0 aliphatic heterocycles. The number of carbonyl (C=O) groups excluding carboxylic acids is 1. The summed E-state index contributed by atoms with van der Waals surface area (Å²) in [5.74, 6) is -1.64. The molecule has 1 heterocycles. The second-order valence-corrected chi connectivity index (χ2v) is 5.08. The van der Waals surface area contributed by atoms with Crippen LogP contribution in [0.15, 0.2) is 18.2 Å². The zero-order valence-electron chi connectivity index (χ0n) is 9.55. The topological polar surface area (TPSA) is 75.6 Å². The Hall–Kier alpha value is -1.37. The van der Waals surface area contributed by atoms with E-state index < -0.39 is 17.9 Å². The monoisotopic (exact) mass is 289 g/mol. The van der Waals surface area contributed by atoms with E-state index >= 15 is 0 Å². The van der Waals surface area contributed by atoms with Gasteiger partial charge in [0.15, 0.2) is 6.04 Å². The summed E-state index contributed by atoms with van der Waals surface area (Å²) in [5.41, 5.74) is 0. The van der Waals surface area contributed by atoms with Crippen molar-refractivity contribution in [3.8, 4) is 0 Å². The van der Waals surface area contributed by atoms with Gasteiger partial charge >= 0.3 is 5.97 Å². The molecule has 0 bridgehead atoms. The van der Waals surface area contributed by atoms with Gasteiger partial charge < -0.3 is 15.2 Å². The van der Waals surface area contributed by atoms with Crippen molar-refractivity contribution >= 4 is 40.9 Å². The molecular weight excluding hydrogens is 278 g/mol. The van der Waals surface area contributed by atoms with Gasteiger partial charge in [-0.15, -0.1) is 11.3 Å². The van der Waals surface area contributed by atoms with Crippen molar-refractivity contribution in [3.05, 3.63) is 27.4 Å². The number of carbonyl (C=O) groups is 2. The number of amides is 1. The SMILES string of the molecule is COCC(NC(=O)/C=C/c1ccc(Cl)s1)C(=O)O. The number of methoxy groups -OCH3 is 1. The van der Waals surface area contributed by atoms with Gasteiger partial charge in [0, 0.05) is 18.1 Å². The highest BCUT2D eigenvalue weighted by molar-refractivity contribution is 7.17. The number of ether oxygens (including phenoxy) is 1. The Kier molecular flexibility index (Phi) is 5.84. The summed E-state index contributed by atoms with van der Waals surface area (Å²) in [6, 6.07) is 2.43. The highest BCUT2D eigenvalue weighted by atomic mass is 35.5. The molecular formula is C11H12ClNO4S. The number of carboxylic acid groups (broad SMARTS) is 1. The highest BCUT2D eigenvalue weighted by Gasteiger charge is 2.18. The third kappa shape index (κ3) is 4.87. The van der Waals surface area contributed by atoms with Crippen LogP contribution < -0.4 is 5.32 Å². The van der Waals surface area contributed by atoms with E-state index in [9.17, 15) is 9.59 Å². The molecule has 1 amide bonds. The molecule has 2 N–H and O–H groups in total. The molecule has 0 aliphatic carbocycles. The highest BCUT2D eigenvalue weighted by Crippen LogP contribution is 2.22. The maximum absolute atomic E-state index is 11.5. The lowest BCUT2D eigenvalue weighted by atomic mass is 10.3. The zero-order chi connectivity index (χ0) is 13.5. The average molecular weight is 290 g/mol. The molecule has 0 fully saturated rings. The van der Waals surface area contributed by atoms with E-state index in [4.69, 9.17) is 21.4 Å². The molecule has 1 atom stereocenters. The van der Waals surface area contributed by atoms with E-state index in [2.05, 4.69) is 5.32 Å². The van der Waals surface area contributed by atoms with Crippen LogP contribution in [-0.2, 0) is 14.3 Å². The van der Waals surface area contributed by atoms with Crippen LogP contribution in [-0.4, -0.2) is 36.7 Å². The summed E-state index contributed by atoms with van der Waals surface area (Å²) in [4.78, 5) is 23.0. The Morgan fingerprint density at radius 2 is 2.33 bits per heavy atom. The maximum Gasteiger partial charge on any atom is 0.328 e. The predicted octanol–water partition coefficient (Wildman–Crippen LogP) is 1.63. The molecule has 0 radical (unpaired) electrons. The van der Waals surface area contributed by atoms with Crippen molar-refractivity contribution in [2.24, 2.45) is 0 Å².